The molecule has 0 aliphatic heterocycles. The van der Waals surface area contributed by atoms with Gasteiger partial charge in [-0.3, -0.25) is 0 Å². The zero-order chi connectivity index (χ0) is 15.6. The van der Waals surface area contributed by atoms with Crippen LogP contribution in [-0.2, 0) is 4.74 Å². The number of aromatic hydroxyl groups is 1. The Balaban J connectivity index is 2.60. The van der Waals surface area contributed by atoms with Crippen LogP contribution in [0.5, 0.6) is 11.5 Å². The molecular weight excluding hydrogens is 282 g/mol. The summed E-state index contributed by atoms with van der Waals surface area (Å²) in [6.07, 6.45) is 0. The molecule has 2 rings (SSSR count). The first-order valence-electron chi connectivity index (χ1n) is 5.67. The maximum atomic E-state index is 11.6. The third-order valence-electron chi connectivity index (χ3n) is 2.71. The van der Waals surface area contributed by atoms with Gasteiger partial charge in [-0.05, 0) is 12.1 Å². The van der Waals surface area contributed by atoms with Crippen molar-refractivity contribution < 1.29 is 33.8 Å². The molecule has 0 unspecified atom stereocenters. The quantitative estimate of drug-likeness (QED) is 0.815. The van der Waals surface area contributed by atoms with Crippen LogP contribution in [0.25, 0.3) is 11.3 Å². The average molecular weight is 293 g/mol. The van der Waals surface area contributed by atoms with E-state index in [-0.39, 0.29) is 28.3 Å². The lowest BCUT2D eigenvalue weighted by Gasteiger charge is -2.09. The molecule has 0 atom stereocenters. The fraction of sp³-hybridized carbons (Fsp3) is 0.154. The first-order chi connectivity index (χ1) is 9.97. The Morgan fingerprint density at radius 1 is 1.24 bits per heavy atom. The SMILES string of the molecule is COC(=O)c1cc(OC)c(O)c(-c2cc(C(=O)O)on2)c1. The average Bonchev–Trinajstić information content (AvgIpc) is 2.96. The van der Waals surface area contributed by atoms with E-state index in [4.69, 9.17) is 9.84 Å². The van der Waals surface area contributed by atoms with Gasteiger partial charge in [-0.15, -0.1) is 0 Å². The second kappa shape index (κ2) is 5.53. The molecular formula is C13H11NO7. The Labute approximate surface area is 118 Å². The number of carbonyl (C=O) groups is 2. The van der Waals surface area contributed by atoms with Gasteiger partial charge in [-0.1, -0.05) is 5.16 Å². The molecule has 0 amide bonds. The van der Waals surface area contributed by atoms with E-state index in [0.29, 0.717) is 0 Å². The van der Waals surface area contributed by atoms with Crippen LogP contribution < -0.4 is 4.74 Å². The molecule has 8 heteroatoms. The maximum Gasteiger partial charge on any atom is 0.374 e. The molecule has 0 fully saturated rings. The summed E-state index contributed by atoms with van der Waals surface area (Å²) in [6, 6.07) is 3.72. The molecule has 1 heterocycles. The molecule has 110 valence electrons. The highest BCUT2D eigenvalue weighted by Gasteiger charge is 2.20. The van der Waals surface area contributed by atoms with E-state index in [9.17, 15) is 14.7 Å². The molecule has 0 saturated carbocycles. The second-order valence-electron chi connectivity index (χ2n) is 3.95. The number of ether oxygens (including phenoxy) is 2. The third kappa shape index (κ3) is 2.64. The Bertz CT molecular complexity index is 705. The van der Waals surface area contributed by atoms with Gasteiger partial charge in [0.2, 0.25) is 5.76 Å². The number of esters is 1. The predicted octanol–water partition coefficient (Wildman–Crippen LogP) is 1.54. The van der Waals surface area contributed by atoms with Gasteiger partial charge >= 0.3 is 11.9 Å². The highest BCUT2D eigenvalue weighted by atomic mass is 16.5. The van der Waals surface area contributed by atoms with Crippen LogP contribution in [0.4, 0.5) is 0 Å². The van der Waals surface area contributed by atoms with Gasteiger partial charge in [0.05, 0.1) is 25.3 Å². The Morgan fingerprint density at radius 3 is 2.48 bits per heavy atom. The number of rotatable bonds is 4. The summed E-state index contributed by atoms with van der Waals surface area (Å²) in [5, 5.41) is 22.4. The number of carbonyl (C=O) groups excluding carboxylic acids is 1. The number of hydrogen-bond acceptors (Lipinski definition) is 7. The molecule has 0 spiro atoms. The Hall–Kier alpha value is -3.03. The summed E-state index contributed by atoms with van der Waals surface area (Å²) in [7, 11) is 2.52. The van der Waals surface area contributed by atoms with Crippen LogP contribution in [0.2, 0.25) is 0 Å². The standard InChI is InChI=1S/C13H11NO7/c1-19-9-4-6(13(18)20-2)3-7(11(9)15)8-5-10(12(16)17)21-14-8/h3-5,15H,1-2H3,(H,16,17). The molecule has 0 radical (unpaired) electrons. The van der Waals surface area contributed by atoms with Gasteiger partial charge in [-0.25, -0.2) is 9.59 Å². The van der Waals surface area contributed by atoms with Crippen molar-refractivity contribution in [2.75, 3.05) is 14.2 Å². The van der Waals surface area contributed by atoms with Crippen LogP contribution >= 0.6 is 0 Å². The summed E-state index contributed by atoms with van der Waals surface area (Å²) in [5.41, 5.74) is 0.252. The maximum absolute atomic E-state index is 11.6. The molecule has 2 aromatic rings. The molecule has 1 aromatic heterocycles. The summed E-state index contributed by atoms with van der Waals surface area (Å²) in [6.45, 7) is 0. The third-order valence-corrected chi connectivity index (χ3v) is 2.71. The van der Waals surface area contributed by atoms with E-state index in [2.05, 4.69) is 14.4 Å². The lowest BCUT2D eigenvalue weighted by atomic mass is 10.1. The predicted molar refractivity (Wildman–Crippen MR) is 68.5 cm³/mol. The van der Waals surface area contributed by atoms with Crippen molar-refractivity contribution in [2.24, 2.45) is 0 Å². The number of hydrogen-bond donors (Lipinski definition) is 2. The number of carboxylic acids is 1. The molecule has 2 N–H and O–H groups in total. The van der Waals surface area contributed by atoms with Gasteiger partial charge in [-0.2, -0.15) is 0 Å². The number of nitrogens with zero attached hydrogens (tertiary/aromatic N) is 1. The summed E-state index contributed by atoms with van der Waals surface area (Å²) < 4.78 is 14.2. The number of methoxy groups -OCH3 is 2. The highest BCUT2D eigenvalue weighted by Crippen LogP contribution is 2.38. The second-order valence-corrected chi connectivity index (χ2v) is 3.95. The van der Waals surface area contributed by atoms with Gasteiger partial charge < -0.3 is 24.2 Å². The van der Waals surface area contributed by atoms with Gasteiger partial charge in [0, 0.05) is 6.07 Å². The monoisotopic (exact) mass is 293 g/mol. The molecule has 0 bridgehead atoms. The normalized spacial score (nSPS) is 10.2. The van der Waals surface area contributed by atoms with E-state index >= 15 is 0 Å². The number of carboxylic acid groups (broad SMARTS) is 1. The number of aromatic nitrogens is 1. The van der Waals surface area contributed by atoms with Crippen LogP contribution in [-0.4, -0.2) is 41.5 Å². The minimum Gasteiger partial charge on any atom is -0.504 e. The zero-order valence-corrected chi connectivity index (χ0v) is 11.1. The van der Waals surface area contributed by atoms with Gasteiger partial charge in [0.15, 0.2) is 11.5 Å². The first kappa shape index (κ1) is 14.4. The first-order valence-corrected chi connectivity index (χ1v) is 5.67. The summed E-state index contributed by atoms with van der Waals surface area (Å²) >= 11 is 0. The van der Waals surface area contributed by atoms with Crippen molar-refractivity contribution in [3.05, 3.63) is 29.5 Å². The van der Waals surface area contributed by atoms with E-state index in [1.54, 1.807) is 0 Å². The minimum absolute atomic E-state index is 0.0211. The highest BCUT2D eigenvalue weighted by molar-refractivity contribution is 5.93. The molecule has 0 aliphatic rings. The number of phenolic OH excluding ortho intramolecular Hbond substituents is 1. The van der Waals surface area contributed by atoms with E-state index in [1.807, 2.05) is 0 Å². The number of phenols is 1. The van der Waals surface area contributed by atoms with Crippen molar-refractivity contribution >= 4 is 11.9 Å². The van der Waals surface area contributed by atoms with Crippen LogP contribution in [0.1, 0.15) is 20.9 Å². The van der Waals surface area contributed by atoms with Crippen molar-refractivity contribution in [3.63, 3.8) is 0 Å². The fourth-order valence-corrected chi connectivity index (χ4v) is 1.70. The van der Waals surface area contributed by atoms with Crippen LogP contribution in [0.3, 0.4) is 0 Å². The van der Waals surface area contributed by atoms with Crippen LogP contribution in [0, 0.1) is 0 Å². The van der Waals surface area contributed by atoms with E-state index < -0.39 is 17.7 Å². The van der Waals surface area contributed by atoms with Gasteiger partial charge in [0.25, 0.3) is 0 Å². The van der Waals surface area contributed by atoms with Crippen molar-refractivity contribution in [3.8, 4) is 22.8 Å². The smallest absolute Gasteiger partial charge is 0.374 e. The van der Waals surface area contributed by atoms with Crippen molar-refractivity contribution in [2.45, 2.75) is 0 Å². The van der Waals surface area contributed by atoms with Gasteiger partial charge in [0.1, 0.15) is 5.69 Å². The van der Waals surface area contributed by atoms with Crippen LogP contribution in [0.15, 0.2) is 22.7 Å². The van der Waals surface area contributed by atoms with Crippen molar-refractivity contribution in [1.29, 1.82) is 0 Å². The zero-order valence-electron chi connectivity index (χ0n) is 11.1. The summed E-state index contributed by atoms with van der Waals surface area (Å²) in [5.74, 6) is -2.61. The topological polar surface area (TPSA) is 119 Å². The lowest BCUT2D eigenvalue weighted by Crippen LogP contribution is -2.02. The molecule has 0 aliphatic carbocycles. The fourth-order valence-electron chi connectivity index (χ4n) is 1.70. The lowest BCUT2D eigenvalue weighted by molar-refractivity contribution is 0.0599. The molecule has 0 saturated heterocycles. The summed E-state index contributed by atoms with van der Waals surface area (Å²) in [4.78, 5) is 22.4. The van der Waals surface area contributed by atoms with E-state index in [0.717, 1.165) is 6.07 Å². The largest absolute Gasteiger partial charge is 0.504 e. The Kier molecular flexibility index (Phi) is 3.79. The Morgan fingerprint density at radius 2 is 1.95 bits per heavy atom. The van der Waals surface area contributed by atoms with Crippen molar-refractivity contribution in [1.82, 2.24) is 5.16 Å². The molecule has 8 nitrogen and oxygen atoms in total. The molecule has 21 heavy (non-hydrogen) atoms. The molecule has 1 aromatic carbocycles. The minimum atomic E-state index is -1.30. The number of aromatic carboxylic acids is 1. The number of benzene rings is 1. The van der Waals surface area contributed by atoms with E-state index in [1.165, 1.54) is 26.4 Å².